The Kier molecular flexibility index (Phi) is 4.22. The summed E-state index contributed by atoms with van der Waals surface area (Å²) in [7, 11) is 0. The fourth-order valence-corrected chi connectivity index (χ4v) is 2.10. The van der Waals surface area contributed by atoms with Crippen LogP contribution in [-0.2, 0) is 4.79 Å². The molecule has 0 spiro atoms. The van der Waals surface area contributed by atoms with Gasteiger partial charge < -0.3 is 0 Å². The zero-order valence-corrected chi connectivity index (χ0v) is 12.0. The number of hydrogen-bond acceptors (Lipinski definition) is 4. The van der Waals surface area contributed by atoms with Gasteiger partial charge in [0.2, 0.25) is 11.0 Å². The first kappa shape index (κ1) is 12.9. The first-order valence-electron chi connectivity index (χ1n) is 5.18. The van der Waals surface area contributed by atoms with Crippen LogP contribution in [0, 0.1) is 6.92 Å². The van der Waals surface area contributed by atoms with Gasteiger partial charge in [-0.05, 0) is 30.7 Å². The number of halogens is 1. The average Bonchev–Trinajstić information content (AvgIpc) is 2.74. The normalized spacial score (nSPS) is 10.8. The first-order chi connectivity index (χ1) is 8.63. The number of carbonyl (C=O) groups is 1. The molecule has 4 nitrogen and oxygen atoms in total. The third kappa shape index (κ3) is 3.75. The maximum atomic E-state index is 11.6. The summed E-state index contributed by atoms with van der Waals surface area (Å²) in [6.45, 7) is 1.84. The molecule has 1 N–H and O–H groups in total. The number of hydrogen-bond donors (Lipinski definition) is 1. The van der Waals surface area contributed by atoms with E-state index >= 15 is 0 Å². The van der Waals surface area contributed by atoms with Crippen LogP contribution < -0.4 is 5.32 Å². The number of aromatic nitrogens is 2. The van der Waals surface area contributed by atoms with Crippen LogP contribution in [0.2, 0.25) is 0 Å². The zero-order valence-electron chi connectivity index (χ0n) is 9.55. The van der Waals surface area contributed by atoms with Crippen molar-refractivity contribution in [3.63, 3.8) is 0 Å². The van der Waals surface area contributed by atoms with E-state index in [-0.39, 0.29) is 5.91 Å². The van der Waals surface area contributed by atoms with Crippen LogP contribution in [0.4, 0.5) is 5.13 Å². The molecule has 0 unspecified atom stereocenters. The van der Waals surface area contributed by atoms with Gasteiger partial charge in [-0.3, -0.25) is 10.1 Å². The molecular formula is C12H10BrN3OS. The summed E-state index contributed by atoms with van der Waals surface area (Å²) in [6, 6.07) is 7.68. The van der Waals surface area contributed by atoms with Crippen molar-refractivity contribution in [2.24, 2.45) is 0 Å². The summed E-state index contributed by atoms with van der Waals surface area (Å²) < 4.78 is 1.01. The van der Waals surface area contributed by atoms with Crippen LogP contribution >= 0.6 is 27.3 Å². The monoisotopic (exact) mass is 323 g/mol. The van der Waals surface area contributed by atoms with E-state index < -0.39 is 0 Å². The van der Waals surface area contributed by atoms with E-state index in [9.17, 15) is 4.79 Å². The van der Waals surface area contributed by atoms with E-state index in [1.54, 1.807) is 6.08 Å². The Balaban J connectivity index is 1.96. The molecule has 0 atom stereocenters. The van der Waals surface area contributed by atoms with Gasteiger partial charge in [-0.2, -0.15) is 0 Å². The second kappa shape index (κ2) is 5.88. The van der Waals surface area contributed by atoms with Crippen molar-refractivity contribution in [2.75, 3.05) is 5.32 Å². The fraction of sp³-hybridized carbons (Fsp3) is 0.0833. The molecular weight excluding hydrogens is 314 g/mol. The summed E-state index contributed by atoms with van der Waals surface area (Å²) in [5.74, 6) is -0.214. The van der Waals surface area contributed by atoms with Gasteiger partial charge >= 0.3 is 0 Å². The minimum Gasteiger partial charge on any atom is -0.297 e. The summed E-state index contributed by atoms with van der Waals surface area (Å²) >= 11 is 4.70. The summed E-state index contributed by atoms with van der Waals surface area (Å²) in [4.78, 5) is 11.6. The van der Waals surface area contributed by atoms with Gasteiger partial charge in [-0.1, -0.05) is 39.4 Å². The number of rotatable bonds is 3. The van der Waals surface area contributed by atoms with E-state index in [0.717, 1.165) is 15.0 Å². The molecule has 2 aromatic rings. The van der Waals surface area contributed by atoms with Crippen LogP contribution in [0.25, 0.3) is 6.08 Å². The number of carbonyl (C=O) groups excluding carboxylic acids is 1. The third-order valence-corrected chi connectivity index (χ3v) is 3.34. The lowest BCUT2D eigenvalue weighted by Crippen LogP contribution is -2.07. The van der Waals surface area contributed by atoms with Gasteiger partial charge in [0.05, 0.1) is 0 Å². The number of nitrogens with one attached hydrogen (secondary N) is 1. The van der Waals surface area contributed by atoms with Gasteiger partial charge in [0.25, 0.3) is 0 Å². The highest BCUT2D eigenvalue weighted by molar-refractivity contribution is 9.10. The van der Waals surface area contributed by atoms with E-state index in [1.165, 1.54) is 17.4 Å². The number of aryl methyl sites for hydroxylation is 1. The largest absolute Gasteiger partial charge is 0.297 e. The molecule has 0 fully saturated rings. The quantitative estimate of drug-likeness (QED) is 0.882. The molecule has 0 aliphatic rings. The van der Waals surface area contributed by atoms with Crippen molar-refractivity contribution < 1.29 is 4.79 Å². The predicted octanol–water partition coefficient (Wildman–Crippen LogP) is 3.26. The zero-order chi connectivity index (χ0) is 13.0. The molecule has 1 heterocycles. The van der Waals surface area contributed by atoms with E-state index in [1.807, 2.05) is 31.2 Å². The summed E-state index contributed by atoms with van der Waals surface area (Å²) in [5.41, 5.74) is 0.960. The van der Waals surface area contributed by atoms with Gasteiger partial charge in [-0.15, -0.1) is 10.2 Å². The van der Waals surface area contributed by atoms with Crippen molar-refractivity contribution >= 4 is 44.4 Å². The molecule has 6 heteroatoms. The Labute approximate surface area is 117 Å². The SMILES string of the molecule is Cc1nnc(NC(=O)C=Cc2ccc(Br)cc2)s1. The summed E-state index contributed by atoms with van der Waals surface area (Å²) in [6.07, 6.45) is 3.22. The molecule has 0 aliphatic carbocycles. The standard InChI is InChI=1S/C12H10BrN3OS/c1-8-15-16-12(18-8)14-11(17)7-4-9-2-5-10(13)6-3-9/h2-7H,1H3,(H,14,16,17). The lowest BCUT2D eigenvalue weighted by molar-refractivity contribution is -0.111. The van der Waals surface area contributed by atoms with Gasteiger partial charge in [-0.25, -0.2) is 0 Å². The summed E-state index contributed by atoms with van der Waals surface area (Å²) in [5, 5.41) is 11.6. The molecule has 1 aromatic carbocycles. The second-order valence-corrected chi connectivity index (χ2v) is 5.60. The maximum absolute atomic E-state index is 11.6. The van der Waals surface area contributed by atoms with Crippen LogP contribution in [0.1, 0.15) is 10.6 Å². The van der Waals surface area contributed by atoms with Crippen molar-refractivity contribution in [1.29, 1.82) is 0 Å². The van der Waals surface area contributed by atoms with Crippen molar-refractivity contribution in [1.82, 2.24) is 10.2 Å². The lowest BCUT2D eigenvalue weighted by atomic mass is 10.2. The maximum Gasteiger partial charge on any atom is 0.250 e. The van der Waals surface area contributed by atoms with Crippen LogP contribution in [0.5, 0.6) is 0 Å². The molecule has 0 saturated heterocycles. The average molecular weight is 324 g/mol. The molecule has 0 aliphatic heterocycles. The van der Waals surface area contributed by atoms with E-state index in [2.05, 4.69) is 31.4 Å². The van der Waals surface area contributed by atoms with Gasteiger partial charge in [0.15, 0.2) is 0 Å². The van der Waals surface area contributed by atoms with Gasteiger partial charge in [0, 0.05) is 10.5 Å². The van der Waals surface area contributed by atoms with Crippen molar-refractivity contribution in [2.45, 2.75) is 6.92 Å². The minimum atomic E-state index is -0.214. The highest BCUT2D eigenvalue weighted by atomic mass is 79.9. The highest BCUT2D eigenvalue weighted by Gasteiger charge is 2.02. The number of nitrogens with zero attached hydrogens (tertiary/aromatic N) is 2. The second-order valence-electron chi connectivity index (χ2n) is 3.50. The molecule has 1 amide bonds. The number of benzene rings is 1. The Bertz CT molecular complexity index is 577. The molecule has 0 bridgehead atoms. The number of anilines is 1. The fourth-order valence-electron chi connectivity index (χ4n) is 1.24. The Hall–Kier alpha value is -1.53. The van der Waals surface area contributed by atoms with E-state index in [0.29, 0.717) is 5.13 Å². The highest BCUT2D eigenvalue weighted by Crippen LogP contribution is 2.14. The lowest BCUT2D eigenvalue weighted by Gasteiger charge is -1.95. The smallest absolute Gasteiger partial charge is 0.250 e. The molecule has 2 rings (SSSR count). The van der Waals surface area contributed by atoms with Crippen LogP contribution in [0.15, 0.2) is 34.8 Å². The Morgan fingerprint density at radius 3 is 2.67 bits per heavy atom. The minimum absolute atomic E-state index is 0.214. The van der Waals surface area contributed by atoms with Crippen molar-refractivity contribution in [3.05, 3.63) is 45.4 Å². The molecule has 92 valence electrons. The van der Waals surface area contributed by atoms with Gasteiger partial charge in [0.1, 0.15) is 5.01 Å². The number of amides is 1. The van der Waals surface area contributed by atoms with Crippen LogP contribution in [0.3, 0.4) is 0 Å². The first-order valence-corrected chi connectivity index (χ1v) is 6.79. The Morgan fingerprint density at radius 1 is 1.33 bits per heavy atom. The molecule has 0 radical (unpaired) electrons. The molecule has 0 saturated carbocycles. The third-order valence-electron chi connectivity index (χ3n) is 2.05. The Morgan fingerprint density at radius 2 is 2.06 bits per heavy atom. The van der Waals surface area contributed by atoms with Crippen LogP contribution in [-0.4, -0.2) is 16.1 Å². The predicted molar refractivity (Wildman–Crippen MR) is 76.5 cm³/mol. The topological polar surface area (TPSA) is 54.9 Å². The molecule has 1 aromatic heterocycles. The van der Waals surface area contributed by atoms with Crippen molar-refractivity contribution in [3.8, 4) is 0 Å². The van der Waals surface area contributed by atoms with E-state index in [4.69, 9.17) is 0 Å². The molecule has 18 heavy (non-hydrogen) atoms.